The van der Waals surface area contributed by atoms with E-state index < -0.39 is 0 Å². The molecule has 2 rings (SSSR count). The zero-order chi connectivity index (χ0) is 13.7. The van der Waals surface area contributed by atoms with Gasteiger partial charge in [-0.2, -0.15) is 0 Å². The first kappa shape index (κ1) is 14.4. The highest BCUT2D eigenvalue weighted by Gasteiger charge is 2.31. The molecule has 19 heavy (non-hydrogen) atoms. The number of nitrogens with one attached hydrogen (secondary N) is 1. The van der Waals surface area contributed by atoms with Crippen LogP contribution in [0.5, 0.6) is 5.75 Å². The Balaban J connectivity index is 2.20. The van der Waals surface area contributed by atoms with Gasteiger partial charge in [-0.05, 0) is 37.3 Å². The standard InChI is InChI=1S/C17H27NO/c1-4-13-10-11-14(12-13)17(18-5-2)15-8-6-7-9-16(15)19-3/h6-9,13-14,17-18H,4-5,10-12H2,1-3H3. The molecule has 1 saturated carbocycles. The Hall–Kier alpha value is -1.02. The van der Waals surface area contributed by atoms with Crippen molar-refractivity contribution in [1.29, 1.82) is 0 Å². The fraction of sp³-hybridized carbons (Fsp3) is 0.647. The topological polar surface area (TPSA) is 21.3 Å². The molecule has 1 aliphatic carbocycles. The molecule has 1 N–H and O–H groups in total. The summed E-state index contributed by atoms with van der Waals surface area (Å²) < 4.78 is 5.55. The van der Waals surface area contributed by atoms with Gasteiger partial charge in [-0.15, -0.1) is 0 Å². The number of hydrogen-bond donors (Lipinski definition) is 1. The quantitative estimate of drug-likeness (QED) is 0.829. The summed E-state index contributed by atoms with van der Waals surface area (Å²) in [5.41, 5.74) is 1.33. The van der Waals surface area contributed by atoms with Crippen LogP contribution in [-0.2, 0) is 0 Å². The lowest BCUT2D eigenvalue weighted by Crippen LogP contribution is -2.27. The number of rotatable bonds is 6. The summed E-state index contributed by atoms with van der Waals surface area (Å²) in [7, 11) is 1.77. The van der Waals surface area contributed by atoms with Gasteiger partial charge in [-0.25, -0.2) is 0 Å². The Morgan fingerprint density at radius 1 is 1.26 bits per heavy atom. The Bertz CT molecular complexity index is 391. The largest absolute Gasteiger partial charge is 0.496 e. The molecule has 3 atom stereocenters. The predicted octanol–water partition coefficient (Wildman–Crippen LogP) is 4.17. The molecule has 1 aliphatic rings. The van der Waals surface area contributed by atoms with Crippen LogP contribution in [0.15, 0.2) is 24.3 Å². The minimum atomic E-state index is 0.442. The van der Waals surface area contributed by atoms with Crippen LogP contribution in [0.4, 0.5) is 0 Å². The van der Waals surface area contributed by atoms with E-state index in [0.29, 0.717) is 6.04 Å². The van der Waals surface area contributed by atoms with E-state index >= 15 is 0 Å². The van der Waals surface area contributed by atoms with Gasteiger partial charge in [0.1, 0.15) is 5.75 Å². The van der Waals surface area contributed by atoms with Crippen molar-refractivity contribution >= 4 is 0 Å². The van der Waals surface area contributed by atoms with Gasteiger partial charge in [0.15, 0.2) is 0 Å². The van der Waals surface area contributed by atoms with Gasteiger partial charge in [0.25, 0.3) is 0 Å². The number of benzene rings is 1. The summed E-state index contributed by atoms with van der Waals surface area (Å²) in [5, 5.41) is 3.68. The normalized spacial score (nSPS) is 24.4. The molecule has 1 aromatic carbocycles. The number of methoxy groups -OCH3 is 1. The number of hydrogen-bond acceptors (Lipinski definition) is 2. The fourth-order valence-electron chi connectivity index (χ4n) is 3.46. The van der Waals surface area contributed by atoms with Gasteiger partial charge in [-0.1, -0.05) is 44.9 Å². The molecule has 0 aliphatic heterocycles. The van der Waals surface area contributed by atoms with Crippen LogP contribution in [0.3, 0.4) is 0 Å². The second-order valence-electron chi connectivity index (χ2n) is 5.62. The van der Waals surface area contributed by atoms with Crippen molar-refractivity contribution in [3.05, 3.63) is 29.8 Å². The van der Waals surface area contributed by atoms with Crippen molar-refractivity contribution in [1.82, 2.24) is 5.32 Å². The van der Waals surface area contributed by atoms with Crippen LogP contribution >= 0.6 is 0 Å². The molecule has 106 valence electrons. The summed E-state index contributed by atoms with van der Waals surface area (Å²) in [4.78, 5) is 0. The third-order valence-corrected chi connectivity index (χ3v) is 4.53. The second kappa shape index (κ2) is 6.95. The van der Waals surface area contributed by atoms with Gasteiger partial charge in [0.05, 0.1) is 7.11 Å². The molecule has 0 heterocycles. The van der Waals surface area contributed by atoms with Crippen LogP contribution in [0.2, 0.25) is 0 Å². The van der Waals surface area contributed by atoms with E-state index in [1.165, 1.54) is 31.2 Å². The van der Waals surface area contributed by atoms with Gasteiger partial charge in [0.2, 0.25) is 0 Å². The average molecular weight is 261 g/mol. The van der Waals surface area contributed by atoms with Gasteiger partial charge >= 0.3 is 0 Å². The maximum Gasteiger partial charge on any atom is 0.123 e. The lowest BCUT2D eigenvalue weighted by Gasteiger charge is -2.26. The zero-order valence-electron chi connectivity index (χ0n) is 12.5. The summed E-state index contributed by atoms with van der Waals surface area (Å²) in [5.74, 6) is 2.69. The molecule has 0 spiro atoms. The van der Waals surface area contributed by atoms with Crippen LogP contribution in [0, 0.1) is 11.8 Å². The van der Waals surface area contributed by atoms with E-state index in [-0.39, 0.29) is 0 Å². The molecule has 1 aromatic rings. The molecule has 0 saturated heterocycles. The summed E-state index contributed by atoms with van der Waals surface area (Å²) in [6, 6.07) is 8.90. The average Bonchev–Trinajstić information content (AvgIpc) is 2.93. The summed E-state index contributed by atoms with van der Waals surface area (Å²) in [6.07, 6.45) is 5.40. The number of ether oxygens (including phenoxy) is 1. The van der Waals surface area contributed by atoms with Crippen LogP contribution < -0.4 is 10.1 Å². The molecular weight excluding hydrogens is 234 g/mol. The van der Waals surface area contributed by atoms with Gasteiger partial charge in [-0.3, -0.25) is 0 Å². The van der Waals surface area contributed by atoms with E-state index in [1.54, 1.807) is 7.11 Å². The Kier molecular flexibility index (Phi) is 5.26. The molecule has 2 heteroatoms. The van der Waals surface area contributed by atoms with E-state index in [1.807, 2.05) is 0 Å². The van der Waals surface area contributed by atoms with Crippen molar-refractivity contribution in [3.63, 3.8) is 0 Å². The highest BCUT2D eigenvalue weighted by atomic mass is 16.5. The van der Waals surface area contributed by atoms with Gasteiger partial charge in [0, 0.05) is 11.6 Å². The summed E-state index contributed by atoms with van der Waals surface area (Å²) in [6.45, 7) is 5.52. The Morgan fingerprint density at radius 2 is 2.05 bits per heavy atom. The first-order valence-electron chi connectivity index (χ1n) is 7.66. The molecular formula is C17H27NO. The van der Waals surface area contributed by atoms with E-state index in [9.17, 15) is 0 Å². The minimum absolute atomic E-state index is 0.442. The highest BCUT2D eigenvalue weighted by molar-refractivity contribution is 5.36. The van der Waals surface area contributed by atoms with Gasteiger partial charge < -0.3 is 10.1 Å². The lowest BCUT2D eigenvalue weighted by atomic mass is 9.90. The Morgan fingerprint density at radius 3 is 2.68 bits per heavy atom. The predicted molar refractivity (Wildman–Crippen MR) is 80.5 cm³/mol. The SMILES string of the molecule is CCNC(c1ccccc1OC)C1CCC(CC)C1. The fourth-order valence-corrected chi connectivity index (χ4v) is 3.46. The van der Waals surface area contributed by atoms with Crippen molar-refractivity contribution in [3.8, 4) is 5.75 Å². The molecule has 0 radical (unpaired) electrons. The second-order valence-corrected chi connectivity index (χ2v) is 5.62. The zero-order valence-corrected chi connectivity index (χ0v) is 12.5. The maximum atomic E-state index is 5.55. The highest BCUT2D eigenvalue weighted by Crippen LogP contribution is 2.42. The monoisotopic (exact) mass is 261 g/mol. The van der Waals surface area contributed by atoms with Crippen LogP contribution in [-0.4, -0.2) is 13.7 Å². The molecule has 2 nitrogen and oxygen atoms in total. The van der Waals surface area contributed by atoms with Crippen LogP contribution in [0.25, 0.3) is 0 Å². The third-order valence-electron chi connectivity index (χ3n) is 4.53. The lowest BCUT2D eigenvalue weighted by molar-refractivity contribution is 0.340. The first-order valence-corrected chi connectivity index (χ1v) is 7.66. The third kappa shape index (κ3) is 3.30. The van der Waals surface area contributed by atoms with Crippen molar-refractivity contribution in [2.75, 3.05) is 13.7 Å². The molecule has 0 amide bonds. The van der Waals surface area contributed by atoms with Crippen LogP contribution in [0.1, 0.15) is 51.1 Å². The molecule has 3 unspecified atom stereocenters. The van der Waals surface area contributed by atoms with E-state index in [0.717, 1.165) is 24.1 Å². The van der Waals surface area contributed by atoms with E-state index in [4.69, 9.17) is 4.74 Å². The Labute approximate surface area is 117 Å². The van der Waals surface area contributed by atoms with Crippen molar-refractivity contribution in [2.24, 2.45) is 11.8 Å². The molecule has 1 fully saturated rings. The van der Waals surface area contributed by atoms with Crippen molar-refractivity contribution in [2.45, 2.75) is 45.6 Å². The minimum Gasteiger partial charge on any atom is -0.496 e. The maximum absolute atomic E-state index is 5.55. The molecule has 0 aromatic heterocycles. The first-order chi connectivity index (χ1) is 9.30. The van der Waals surface area contributed by atoms with E-state index in [2.05, 4.69) is 43.4 Å². The summed E-state index contributed by atoms with van der Waals surface area (Å²) >= 11 is 0. The van der Waals surface area contributed by atoms with Crippen molar-refractivity contribution < 1.29 is 4.74 Å². The molecule has 0 bridgehead atoms. The smallest absolute Gasteiger partial charge is 0.123 e. The number of para-hydroxylation sites is 1.